The third-order valence-electron chi connectivity index (χ3n) is 4.07. The van der Waals surface area contributed by atoms with Crippen molar-refractivity contribution in [1.29, 1.82) is 0 Å². The van der Waals surface area contributed by atoms with Gasteiger partial charge in [0, 0.05) is 12.2 Å². The summed E-state index contributed by atoms with van der Waals surface area (Å²) in [5.41, 5.74) is 0.618. The number of nitrogens with zero attached hydrogens (tertiary/aromatic N) is 1. The fourth-order valence-electron chi connectivity index (χ4n) is 2.97. The molecule has 2 aliphatic heterocycles. The number of carbonyl (C=O) groups excluding carboxylic acids is 1. The number of benzene rings is 1. The molecule has 20 heavy (non-hydrogen) atoms. The topological polar surface area (TPSA) is 41.6 Å². The van der Waals surface area contributed by atoms with Crippen molar-refractivity contribution in [3.63, 3.8) is 0 Å². The van der Waals surface area contributed by atoms with Gasteiger partial charge in [0.05, 0.1) is 12.6 Å². The maximum Gasteiger partial charge on any atom is 0.253 e. The highest BCUT2D eigenvalue weighted by Gasteiger charge is 2.33. The van der Waals surface area contributed by atoms with Gasteiger partial charge < -0.3 is 15.0 Å². The number of anilines is 1. The Kier molecular flexibility index (Phi) is 3.98. The van der Waals surface area contributed by atoms with Gasteiger partial charge in [-0.3, -0.25) is 4.79 Å². The molecule has 1 aromatic rings. The molecular formula is C15H19FN2O2. The molecule has 2 heterocycles. The van der Waals surface area contributed by atoms with Gasteiger partial charge in [0.25, 0.3) is 5.91 Å². The summed E-state index contributed by atoms with van der Waals surface area (Å²) >= 11 is 0. The lowest BCUT2D eigenvalue weighted by Crippen LogP contribution is -2.52. The summed E-state index contributed by atoms with van der Waals surface area (Å²) in [4.78, 5) is 13.6. The Balaban J connectivity index is 1.74. The van der Waals surface area contributed by atoms with Crippen LogP contribution in [0.5, 0.6) is 0 Å². The van der Waals surface area contributed by atoms with Crippen LogP contribution in [0.25, 0.3) is 0 Å². The van der Waals surface area contributed by atoms with E-state index in [0.29, 0.717) is 18.2 Å². The lowest BCUT2D eigenvalue weighted by Gasteiger charge is -2.38. The summed E-state index contributed by atoms with van der Waals surface area (Å²) in [5.74, 6) is 0.00111. The maximum atomic E-state index is 13.3. The average Bonchev–Trinajstić information content (AvgIpc) is 2.48. The molecular weight excluding hydrogens is 259 g/mol. The standard InChI is InChI=1S/C15H19FN2O2/c16-12-4-1-5-13(7-12)18-9-14(20-10-15(18)19)11-3-2-6-17-8-11/h1,4-5,7,11,14,17H,2-3,6,8-10H2. The number of hydrogen-bond donors (Lipinski definition) is 1. The second kappa shape index (κ2) is 5.89. The highest BCUT2D eigenvalue weighted by atomic mass is 19.1. The van der Waals surface area contributed by atoms with E-state index in [2.05, 4.69) is 5.32 Å². The van der Waals surface area contributed by atoms with E-state index in [1.54, 1.807) is 17.0 Å². The SMILES string of the molecule is O=C1COC(C2CCCNC2)CN1c1cccc(F)c1. The van der Waals surface area contributed by atoms with Crippen molar-refractivity contribution in [3.05, 3.63) is 30.1 Å². The number of amides is 1. The van der Waals surface area contributed by atoms with Gasteiger partial charge in [-0.25, -0.2) is 4.39 Å². The van der Waals surface area contributed by atoms with E-state index in [1.807, 2.05) is 0 Å². The van der Waals surface area contributed by atoms with E-state index in [-0.39, 0.29) is 24.4 Å². The molecule has 1 aromatic carbocycles. The highest BCUT2D eigenvalue weighted by molar-refractivity contribution is 5.94. The zero-order valence-corrected chi connectivity index (χ0v) is 11.3. The van der Waals surface area contributed by atoms with Crippen molar-refractivity contribution < 1.29 is 13.9 Å². The maximum absolute atomic E-state index is 13.3. The minimum atomic E-state index is -0.322. The van der Waals surface area contributed by atoms with Gasteiger partial charge in [-0.15, -0.1) is 0 Å². The zero-order chi connectivity index (χ0) is 13.9. The molecule has 1 N–H and O–H groups in total. The quantitative estimate of drug-likeness (QED) is 0.892. The molecule has 0 aliphatic carbocycles. The van der Waals surface area contributed by atoms with E-state index < -0.39 is 0 Å². The first-order valence-corrected chi connectivity index (χ1v) is 7.12. The molecule has 2 fully saturated rings. The summed E-state index contributed by atoms with van der Waals surface area (Å²) in [6, 6.07) is 6.18. The van der Waals surface area contributed by atoms with Crippen LogP contribution < -0.4 is 10.2 Å². The van der Waals surface area contributed by atoms with Gasteiger partial charge in [0.2, 0.25) is 0 Å². The summed E-state index contributed by atoms with van der Waals surface area (Å²) in [5, 5.41) is 3.36. The van der Waals surface area contributed by atoms with Crippen LogP contribution in [0.4, 0.5) is 10.1 Å². The Bertz CT molecular complexity index is 489. The summed E-state index contributed by atoms with van der Waals surface area (Å²) in [6.07, 6.45) is 2.28. The number of carbonyl (C=O) groups is 1. The predicted octanol–water partition coefficient (Wildman–Crippen LogP) is 1.56. The van der Waals surface area contributed by atoms with Crippen LogP contribution >= 0.6 is 0 Å². The fraction of sp³-hybridized carbons (Fsp3) is 0.533. The Labute approximate surface area is 117 Å². The molecule has 2 aliphatic rings. The fourth-order valence-corrected chi connectivity index (χ4v) is 2.97. The number of hydrogen-bond acceptors (Lipinski definition) is 3. The minimum absolute atomic E-state index is 0.0313. The molecule has 0 aromatic heterocycles. The minimum Gasteiger partial charge on any atom is -0.366 e. The highest BCUT2D eigenvalue weighted by Crippen LogP contribution is 2.25. The normalized spacial score (nSPS) is 27.6. The third-order valence-corrected chi connectivity index (χ3v) is 4.07. The van der Waals surface area contributed by atoms with Gasteiger partial charge >= 0.3 is 0 Å². The van der Waals surface area contributed by atoms with Crippen LogP contribution in [0.3, 0.4) is 0 Å². The third kappa shape index (κ3) is 2.83. The molecule has 0 radical (unpaired) electrons. The molecule has 2 atom stereocenters. The van der Waals surface area contributed by atoms with Gasteiger partial charge in [-0.1, -0.05) is 6.07 Å². The summed E-state index contributed by atoms with van der Waals surface area (Å²) < 4.78 is 19.0. The zero-order valence-electron chi connectivity index (χ0n) is 11.3. The van der Waals surface area contributed by atoms with Crippen LogP contribution in [0.2, 0.25) is 0 Å². The predicted molar refractivity (Wildman–Crippen MR) is 74.1 cm³/mol. The van der Waals surface area contributed by atoms with Gasteiger partial charge in [-0.05, 0) is 43.5 Å². The average molecular weight is 278 g/mol. The van der Waals surface area contributed by atoms with Crippen LogP contribution in [0, 0.1) is 11.7 Å². The molecule has 3 rings (SSSR count). The molecule has 108 valence electrons. The smallest absolute Gasteiger partial charge is 0.253 e. The Hall–Kier alpha value is -1.46. The van der Waals surface area contributed by atoms with Crippen molar-refractivity contribution in [2.24, 2.45) is 5.92 Å². The first-order chi connectivity index (χ1) is 9.74. The molecule has 2 unspecified atom stereocenters. The van der Waals surface area contributed by atoms with E-state index >= 15 is 0 Å². The molecule has 2 saturated heterocycles. The summed E-state index contributed by atoms with van der Waals surface area (Å²) in [7, 11) is 0. The molecule has 1 amide bonds. The van der Waals surface area contributed by atoms with Crippen LogP contribution in [-0.4, -0.2) is 38.3 Å². The Morgan fingerprint density at radius 3 is 3.05 bits per heavy atom. The Morgan fingerprint density at radius 2 is 2.30 bits per heavy atom. The number of rotatable bonds is 2. The molecule has 4 nitrogen and oxygen atoms in total. The van der Waals surface area contributed by atoms with Crippen LogP contribution in [0.1, 0.15) is 12.8 Å². The van der Waals surface area contributed by atoms with E-state index in [9.17, 15) is 9.18 Å². The second-order valence-electron chi connectivity index (χ2n) is 5.44. The van der Waals surface area contributed by atoms with Crippen molar-refractivity contribution in [2.45, 2.75) is 18.9 Å². The van der Waals surface area contributed by atoms with Crippen molar-refractivity contribution in [1.82, 2.24) is 5.32 Å². The number of nitrogens with one attached hydrogen (secondary N) is 1. The first-order valence-electron chi connectivity index (χ1n) is 7.12. The number of halogens is 1. The van der Waals surface area contributed by atoms with Crippen molar-refractivity contribution in [3.8, 4) is 0 Å². The largest absolute Gasteiger partial charge is 0.366 e. The van der Waals surface area contributed by atoms with E-state index in [1.165, 1.54) is 12.1 Å². The van der Waals surface area contributed by atoms with Gasteiger partial charge in [-0.2, -0.15) is 0 Å². The number of piperidine rings is 1. The molecule has 5 heteroatoms. The van der Waals surface area contributed by atoms with Crippen molar-refractivity contribution >= 4 is 11.6 Å². The van der Waals surface area contributed by atoms with Crippen LogP contribution in [-0.2, 0) is 9.53 Å². The lowest BCUT2D eigenvalue weighted by atomic mass is 9.92. The molecule has 0 spiro atoms. The Morgan fingerprint density at radius 1 is 1.40 bits per heavy atom. The van der Waals surface area contributed by atoms with Gasteiger partial charge in [0.15, 0.2) is 0 Å². The number of ether oxygens (including phenoxy) is 1. The first kappa shape index (κ1) is 13.5. The second-order valence-corrected chi connectivity index (χ2v) is 5.44. The van der Waals surface area contributed by atoms with Crippen molar-refractivity contribution in [2.75, 3.05) is 31.1 Å². The van der Waals surface area contributed by atoms with E-state index in [4.69, 9.17) is 4.74 Å². The number of morpholine rings is 1. The monoisotopic (exact) mass is 278 g/mol. The van der Waals surface area contributed by atoms with Gasteiger partial charge in [0.1, 0.15) is 12.4 Å². The van der Waals surface area contributed by atoms with E-state index in [0.717, 1.165) is 25.9 Å². The molecule has 0 saturated carbocycles. The summed E-state index contributed by atoms with van der Waals surface area (Å²) in [6.45, 7) is 2.57. The van der Waals surface area contributed by atoms with Crippen LogP contribution in [0.15, 0.2) is 24.3 Å². The lowest BCUT2D eigenvalue weighted by molar-refractivity contribution is -0.131. The molecule has 0 bridgehead atoms.